The summed E-state index contributed by atoms with van der Waals surface area (Å²) in [6.07, 6.45) is 8.70. The van der Waals surface area contributed by atoms with Gasteiger partial charge in [-0.15, -0.1) is 0 Å². The molecule has 0 aromatic heterocycles. The molecule has 7 heteroatoms. The summed E-state index contributed by atoms with van der Waals surface area (Å²) < 4.78 is 32.9. The molecular formula is C21H32N2O4S. The Morgan fingerprint density at radius 1 is 1.14 bits per heavy atom. The minimum absolute atomic E-state index is 0.0492. The van der Waals surface area contributed by atoms with Crippen molar-refractivity contribution in [3.8, 4) is 0 Å². The van der Waals surface area contributed by atoms with Crippen LogP contribution in [-0.4, -0.2) is 39.6 Å². The maximum Gasteiger partial charge on any atom is 0.251 e. The smallest absolute Gasteiger partial charge is 0.251 e. The molecule has 3 atom stereocenters. The molecule has 0 bridgehead atoms. The van der Waals surface area contributed by atoms with Crippen LogP contribution in [0.2, 0.25) is 0 Å². The van der Waals surface area contributed by atoms with Crippen LogP contribution in [0, 0.1) is 5.92 Å². The summed E-state index contributed by atoms with van der Waals surface area (Å²) in [5, 5.41) is 3.15. The number of carbonyl (C=O) groups excluding carboxylic acids is 1. The summed E-state index contributed by atoms with van der Waals surface area (Å²) in [4.78, 5) is 12.8. The summed E-state index contributed by atoms with van der Waals surface area (Å²) >= 11 is 0. The van der Waals surface area contributed by atoms with Crippen molar-refractivity contribution in [3.05, 3.63) is 29.8 Å². The maximum atomic E-state index is 12.6. The van der Waals surface area contributed by atoms with Gasteiger partial charge in [-0.3, -0.25) is 4.79 Å². The molecule has 156 valence electrons. The van der Waals surface area contributed by atoms with E-state index in [1.54, 1.807) is 12.1 Å². The van der Waals surface area contributed by atoms with Crippen LogP contribution in [0.15, 0.2) is 29.2 Å². The van der Waals surface area contributed by atoms with Gasteiger partial charge in [0.1, 0.15) is 0 Å². The third-order valence-electron chi connectivity index (χ3n) is 5.86. The van der Waals surface area contributed by atoms with E-state index in [1.165, 1.54) is 31.4 Å². The van der Waals surface area contributed by atoms with Crippen molar-refractivity contribution in [2.45, 2.75) is 75.3 Å². The highest BCUT2D eigenvalue weighted by atomic mass is 32.2. The lowest BCUT2D eigenvalue weighted by Crippen LogP contribution is -2.37. The second-order valence-electron chi connectivity index (χ2n) is 7.92. The van der Waals surface area contributed by atoms with E-state index in [2.05, 4.69) is 17.0 Å². The highest BCUT2D eigenvalue weighted by molar-refractivity contribution is 7.89. The van der Waals surface area contributed by atoms with Crippen LogP contribution in [-0.2, 0) is 14.8 Å². The van der Waals surface area contributed by atoms with Gasteiger partial charge in [-0.2, -0.15) is 0 Å². The molecule has 0 radical (unpaired) electrons. The van der Waals surface area contributed by atoms with E-state index >= 15 is 0 Å². The number of carbonyl (C=O) groups is 1. The molecule has 6 nitrogen and oxygen atoms in total. The number of benzene rings is 1. The van der Waals surface area contributed by atoms with E-state index in [0.717, 1.165) is 32.1 Å². The van der Waals surface area contributed by atoms with Gasteiger partial charge in [0.25, 0.3) is 5.91 Å². The number of ether oxygens (including phenoxy) is 1. The Kier molecular flexibility index (Phi) is 7.48. The van der Waals surface area contributed by atoms with Crippen molar-refractivity contribution < 1.29 is 17.9 Å². The van der Waals surface area contributed by atoms with Crippen LogP contribution >= 0.6 is 0 Å². The van der Waals surface area contributed by atoms with Gasteiger partial charge < -0.3 is 10.1 Å². The van der Waals surface area contributed by atoms with Crippen molar-refractivity contribution in [3.63, 3.8) is 0 Å². The first-order valence-corrected chi connectivity index (χ1v) is 12.0. The van der Waals surface area contributed by atoms with Crippen molar-refractivity contribution in [1.82, 2.24) is 10.0 Å². The van der Waals surface area contributed by atoms with Crippen LogP contribution in [0.4, 0.5) is 0 Å². The molecule has 1 heterocycles. The minimum Gasteiger partial charge on any atom is -0.377 e. The van der Waals surface area contributed by atoms with Gasteiger partial charge in [0.2, 0.25) is 10.0 Å². The molecule has 2 N–H and O–H groups in total. The van der Waals surface area contributed by atoms with Crippen LogP contribution in [0.25, 0.3) is 0 Å². The number of rotatable bonds is 9. The Labute approximate surface area is 168 Å². The summed E-state index contributed by atoms with van der Waals surface area (Å²) in [6.45, 7) is 3.16. The largest absolute Gasteiger partial charge is 0.377 e. The average molecular weight is 409 g/mol. The molecule has 1 aliphatic heterocycles. The molecule has 2 fully saturated rings. The van der Waals surface area contributed by atoms with E-state index in [-0.39, 0.29) is 29.5 Å². The Morgan fingerprint density at radius 3 is 2.61 bits per heavy atom. The molecule has 0 spiro atoms. The molecule has 1 aliphatic carbocycles. The van der Waals surface area contributed by atoms with Gasteiger partial charge >= 0.3 is 0 Å². The second-order valence-corrected chi connectivity index (χ2v) is 9.69. The van der Waals surface area contributed by atoms with Gasteiger partial charge in [-0.25, -0.2) is 13.1 Å². The first-order chi connectivity index (χ1) is 13.5. The van der Waals surface area contributed by atoms with E-state index in [4.69, 9.17) is 4.74 Å². The molecule has 2 aliphatic rings. The highest BCUT2D eigenvalue weighted by Gasteiger charge is 2.28. The molecule has 1 aromatic rings. The topological polar surface area (TPSA) is 84.5 Å². The number of unbranched alkanes of at least 4 members (excludes halogenated alkanes) is 1. The van der Waals surface area contributed by atoms with Crippen LogP contribution < -0.4 is 10.0 Å². The highest BCUT2D eigenvalue weighted by Crippen LogP contribution is 2.30. The zero-order valence-corrected chi connectivity index (χ0v) is 17.5. The molecule has 28 heavy (non-hydrogen) atoms. The van der Waals surface area contributed by atoms with Gasteiger partial charge in [-0.1, -0.05) is 26.2 Å². The van der Waals surface area contributed by atoms with Crippen molar-refractivity contribution in [2.24, 2.45) is 5.92 Å². The lowest BCUT2D eigenvalue weighted by molar-refractivity contribution is 0.0926. The zero-order chi connectivity index (χ0) is 20.0. The van der Waals surface area contributed by atoms with Gasteiger partial charge in [0, 0.05) is 24.8 Å². The molecule has 3 unspecified atom stereocenters. The van der Waals surface area contributed by atoms with Crippen LogP contribution in [0.1, 0.15) is 68.6 Å². The molecule has 1 amide bonds. The van der Waals surface area contributed by atoms with Crippen molar-refractivity contribution in [2.75, 3.05) is 13.2 Å². The van der Waals surface area contributed by atoms with E-state index in [1.807, 2.05) is 0 Å². The minimum atomic E-state index is -3.59. The van der Waals surface area contributed by atoms with E-state index < -0.39 is 10.0 Å². The van der Waals surface area contributed by atoms with Gasteiger partial charge in [-0.05, 0) is 62.3 Å². The third kappa shape index (κ3) is 5.55. The second kappa shape index (κ2) is 9.85. The fraction of sp³-hybridized carbons (Fsp3) is 0.667. The molecule has 1 aromatic carbocycles. The SMILES string of the molecule is CCCCC1CCCC1NC(=O)c1ccc(S(=O)(=O)NCC2CCCO2)cc1. The van der Waals surface area contributed by atoms with Crippen LogP contribution in [0.5, 0.6) is 0 Å². The van der Waals surface area contributed by atoms with Crippen molar-refractivity contribution in [1.29, 1.82) is 0 Å². The summed E-state index contributed by atoms with van der Waals surface area (Å²) in [7, 11) is -3.59. The average Bonchev–Trinajstić information content (AvgIpc) is 3.37. The lowest BCUT2D eigenvalue weighted by Gasteiger charge is -2.21. The fourth-order valence-electron chi connectivity index (χ4n) is 4.17. The molecule has 3 rings (SSSR count). The van der Waals surface area contributed by atoms with Crippen LogP contribution in [0.3, 0.4) is 0 Å². The quantitative estimate of drug-likeness (QED) is 0.657. The van der Waals surface area contributed by atoms with E-state index in [0.29, 0.717) is 18.1 Å². The number of amides is 1. The fourth-order valence-corrected chi connectivity index (χ4v) is 5.23. The number of hydrogen-bond donors (Lipinski definition) is 2. The Morgan fingerprint density at radius 2 is 1.93 bits per heavy atom. The van der Waals surface area contributed by atoms with Crippen molar-refractivity contribution >= 4 is 15.9 Å². The zero-order valence-electron chi connectivity index (χ0n) is 16.7. The standard InChI is InChI=1S/C21H32N2O4S/c1-2-3-6-16-7-4-9-20(16)23-21(24)17-10-12-19(13-11-17)28(25,26)22-15-18-8-5-14-27-18/h10-13,16,18,20,22H,2-9,14-15H2,1H3,(H,23,24). The Bertz CT molecular complexity index is 742. The van der Waals surface area contributed by atoms with E-state index in [9.17, 15) is 13.2 Å². The Balaban J connectivity index is 1.56. The lowest BCUT2D eigenvalue weighted by atomic mass is 9.96. The van der Waals surface area contributed by atoms with Gasteiger partial charge in [0.05, 0.1) is 11.0 Å². The number of nitrogens with one attached hydrogen (secondary N) is 2. The van der Waals surface area contributed by atoms with Gasteiger partial charge in [0.15, 0.2) is 0 Å². The summed E-state index contributed by atoms with van der Waals surface area (Å²) in [5.74, 6) is 0.440. The summed E-state index contributed by atoms with van der Waals surface area (Å²) in [5.41, 5.74) is 0.499. The monoisotopic (exact) mass is 408 g/mol. The number of hydrogen-bond acceptors (Lipinski definition) is 4. The maximum absolute atomic E-state index is 12.6. The molecule has 1 saturated heterocycles. The third-order valence-corrected chi connectivity index (χ3v) is 7.30. The predicted octanol–water partition coefficient (Wildman–Crippen LogP) is 3.23. The first-order valence-electron chi connectivity index (χ1n) is 10.5. The predicted molar refractivity (Wildman–Crippen MR) is 109 cm³/mol. The summed E-state index contributed by atoms with van der Waals surface area (Å²) in [6, 6.07) is 6.40. The first kappa shape index (κ1) is 21.3. The normalized spacial score (nSPS) is 25.1. The number of sulfonamides is 1. The molecular weight excluding hydrogens is 376 g/mol. The molecule has 1 saturated carbocycles. The Hall–Kier alpha value is -1.44.